The summed E-state index contributed by atoms with van der Waals surface area (Å²) in [6, 6.07) is 13.0. The molecule has 1 saturated carbocycles. The Morgan fingerprint density at radius 2 is 1.83 bits per heavy atom. The lowest BCUT2D eigenvalue weighted by Crippen LogP contribution is -2.58. The van der Waals surface area contributed by atoms with Gasteiger partial charge < -0.3 is 11.5 Å². The summed E-state index contributed by atoms with van der Waals surface area (Å²) in [6.45, 7) is 0. The van der Waals surface area contributed by atoms with Crippen molar-refractivity contribution >= 4 is 41.0 Å². The highest BCUT2D eigenvalue weighted by Crippen LogP contribution is 2.43. The van der Waals surface area contributed by atoms with Gasteiger partial charge in [-0.1, -0.05) is 42.3 Å². The first-order valence-electron chi connectivity index (χ1n) is 9.65. The molecule has 1 aliphatic heterocycles. The molecule has 1 spiro atoms. The molecule has 152 valence electrons. The third kappa shape index (κ3) is 3.94. The van der Waals surface area contributed by atoms with Crippen LogP contribution in [-0.4, -0.2) is 17.6 Å². The molecule has 0 bridgehead atoms. The van der Waals surface area contributed by atoms with Gasteiger partial charge in [0.05, 0.1) is 10.7 Å². The van der Waals surface area contributed by atoms with Crippen molar-refractivity contribution in [3.63, 3.8) is 0 Å². The van der Waals surface area contributed by atoms with Crippen LogP contribution in [-0.2, 0) is 5.75 Å². The molecule has 1 fully saturated rings. The Kier molecular flexibility index (Phi) is 5.69. The second-order valence-electron chi connectivity index (χ2n) is 7.29. The molecule has 0 amide bonds. The van der Waals surface area contributed by atoms with E-state index in [0.29, 0.717) is 17.3 Å². The van der Waals surface area contributed by atoms with E-state index in [0.717, 1.165) is 36.3 Å². The van der Waals surface area contributed by atoms with Crippen LogP contribution in [0.25, 0.3) is 0 Å². The molecule has 1 heterocycles. The molecule has 8 heteroatoms. The number of aliphatic imine (C=N–C) groups is 2. The van der Waals surface area contributed by atoms with E-state index in [1.807, 2.05) is 29.2 Å². The number of thioether (sulfide) groups is 1. The predicted molar refractivity (Wildman–Crippen MR) is 119 cm³/mol. The maximum absolute atomic E-state index is 14.3. The first kappa shape index (κ1) is 20.0. The fourth-order valence-electron chi connectivity index (χ4n) is 4.05. The molecular formula is C21H23ClFN5S. The van der Waals surface area contributed by atoms with Crippen molar-refractivity contribution in [1.29, 1.82) is 0 Å². The molecule has 2 aromatic rings. The summed E-state index contributed by atoms with van der Waals surface area (Å²) in [7, 11) is 0. The second kappa shape index (κ2) is 8.24. The zero-order valence-electron chi connectivity index (χ0n) is 15.9. The van der Waals surface area contributed by atoms with Crippen LogP contribution in [0.4, 0.5) is 10.1 Å². The van der Waals surface area contributed by atoms with E-state index >= 15 is 0 Å². The van der Waals surface area contributed by atoms with Crippen molar-refractivity contribution in [1.82, 2.24) is 0 Å². The Hall–Kier alpha value is -2.25. The lowest BCUT2D eigenvalue weighted by molar-refractivity contribution is 0.305. The van der Waals surface area contributed by atoms with E-state index in [4.69, 9.17) is 28.1 Å². The van der Waals surface area contributed by atoms with Crippen molar-refractivity contribution < 1.29 is 4.39 Å². The number of hydrogen-bond acceptors (Lipinski definition) is 6. The summed E-state index contributed by atoms with van der Waals surface area (Å²) in [5.74, 6) is 0.652. The number of anilines is 1. The summed E-state index contributed by atoms with van der Waals surface area (Å²) in [5, 5.41) is 0.134. The van der Waals surface area contributed by atoms with Crippen molar-refractivity contribution in [2.24, 2.45) is 21.5 Å². The maximum Gasteiger partial charge on any atom is 0.220 e. The van der Waals surface area contributed by atoms with Gasteiger partial charge in [0.15, 0.2) is 0 Å². The molecule has 29 heavy (non-hydrogen) atoms. The van der Waals surface area contributed by atoms with Crippen LogP contribution in [0.3, 0.4) is 0 Å². The summed E-state index contributed by atoms with van der Waals surface area (Å²) >= 11 is 7.46. The first-order valence-corrected chi connectivity index (χ1v) is 11.0. The van der Waals surface area contributed by atoms with Crippen LogP contribution < -0.4 is 16.4 Å². The Balaban J connectivity index is 1.68. The average Bonchev–Trinajstić information content (AvgIpc) is 2.70. The molecule has 0 saturated heterocycles. The molecule has 0 unspecified atom stereocenters. The maximum atomic E-state index is 14.3. The van der Waals surface area contributed by atoms with E-state index in [9.17, 15) is 4.39 Å². The lowest BCUT2D eigenvalue weighted by Gasteiger charge is -2.46. The monoisotopic (exact) mass is 431 g/mol. The van der Waals surface area contributed by atoms with Crippen molar-refractivity contribution in [3.8, 4) is 0 Å². The van der Waals surface area contributed by atoms with Gasteiger partial charge in [-0.05, 0) is 49.4 Å². The molecule has 2 aromatic carbocycles. The van der Waals surface area contributed by atoms with Crippen molar-refractivity contribution in [3.05, 3.63) is 58.9 Å². The smallest absolute Gasteiger partial charge is 0.220 e. The Bertz CT molecular complexity index is 971. The molecule has 0 radical (unpaired) electrons. The fourth-order valence-corrected chi connectivity index (χ4v) is 5.26. The molecular weight excluding hydrogens is 409 g/mol. The minimum Gasteiger partial charge on any atom is -0.369 e. The van der Waals surface area contributed by atoms with Gasteiger partial charge in [0.25, 0.3) is 0 Å². The van der Waals surface area contributed by atoms with Gasteiger partial charge in [-0.2, -0.15) is 4.99 Å². The molecule has 5 nitrogen and oxygen atoms in total. The Morgan fingerprint density at radius 3 is 2.62 bits per heavy atom. The third-order valence-corrected chi connectivity index (χ3v) is 6.78. The van der Waals surface area contributed by atoms with Crippen molar-refractivity contribution in [2.75, 3.05) is 4.90 Å². The van der Waals surface area contributed by atoms with E-state index in [2.05, 4.69) is 4.99 Å². The number of nitrogens with zero attached hydrogens (tertiary/aromatic N) is 3. The minimum atomic E-state index is -0.508. The molecule has 0 aromatic heterocycles. The van der Waals surface area contributed by atoms with E-state index in [1.165, 1.54) is 18.2 Å². The van der Waals surface area contributed by atoms with E-state index in [1.54, 1.807) is 18.2 Å². The van der Waals surface area contributed by atoms with E-state index in [-0.39, 0.29) is 16.8 Å². The van der Waals surface area contributed by atoms with Gasteiger partial charge in [0, 0.05) is 10.6 Å². The normalized spacial score (nSPS) is 18.5. The summed E-state index contributed by atoms with van der Waals surface area (Å²) in [4.78, 5) is 12.0. The number of benzene rings is 2. The van der Waals surface area contributed by atoms with E-state index < -0.39 is 5.66 Å². The van der Waals surface area contributed by atoms with Crippen LogP contribution in [0.2, 0.25) is 5.02 Å². The third-order valence-electron chi connectivity index (χ3n) is 5.37. The standard InChI is InChI=1S/C21H23ClFN5S/c22-15-8-6-7-14(18(15)23)13-29-17-10-3-2-9-16(17)28-20(25)26-19(24)27-21(28)11-4-1-5-12-21/h2-3,6-10H,1,4-5,11-13H2,(H4,24,25,26,27). The van der Waals surface area contributed by atoms with Gasteiger partial charge in [0.1, 0.15) is 11.5 Å². The average molecular weight is 432 g/mol. The second-order valence-corrected chi connectivity index (χ2v) is 8.71. The topological polar surface area (TPSA) is 80.0 Å². The lowest BCUT2D eigenvalue weighted by atomic mass is 9.87. The van der Waals surface area contributed by atoms with Gasteiger partial charge in [-0.15, -0.1) is 11.8 Å². The minimum absolute atomic E-state index is 0.134. The van der Waals surface area contributed by atoms with Crippen LogP contribution >= 0.6 is 23.4 Å². The predicted octanol–water partition coefficient (Wildman–Crippen LogP) is 4.88. The zero-order valence-corrected chi connectivity index (χ0v) is 17.5. The summed E-state index contributed by atoms with van der Waals surface area (Å²) in [5.41, 5.74) is 13.3. The van der Waals surface area contributed by atoms with Crippen molar-refractivity contribution in [2.45, 2.75) is 48.4 Å². The quantitative estimate of drug-likeness (QED) is 0.676. The molecule has 1 aliphatic carbocycles. The molecule has 0 atom stereocenters. The molecule has 4 rings (SSSR count). The first-order chi connectivity index (χ1) is 14.0. The number of hydrogen-bond donors (Lipinski definition) is 2. The van der Waals surface area contributed by atoms with Gasteiger partial charge in [-0.25, -0.2) is 9.38 Å². The van der Waals surface area contributed by atoms with Gasteiger partial charge in [0.2, 0.25) is 11.9 Å². The summed E-state index contributed by atoms with van der Waals surface area (Å²) < 4.78 is 14.3. The van der Waals surface area contributed by atoms with Crippen LogP contribution in [0.5, 0.6) is 0 Å². The fraction of sp³-hybridized carbons (Fsp3) is 0.333. The number of para-hydroxylation sites is 1. The van der Waals surface area contributed by atoms with Gasteiger partial charge in [-0.3, -0.25) is 4.90 Å². The Labute approximate surface area is 179 Å². The SMILES string of the molecule is NC1=NC2(CCCCC2)N(c2ccccc2SCc2cccc(Cl)c2F)C(N)=N1. The highest BCUT2D eigenvalue weighted by Gasteiger charge is 2.43. The number of halogens is 2. The molecule has 2 aliphatic rings. The van der Waals surface area contributed by atoms with Crippen LogP contribution in [0.1, 0.15) is 37.7 Å². The van der Waals surface area contributed by atoms with Crippen LogP contribution in [0, 0.1) is 5.82 Å². The number of guanidine groups is 2. The number of rotatable bonds is 4. The molecule has 4 N–H and O–H groups in total. The number of nitrogens with two attached hydrogens (primary N) is 2. The Morgan fingerprint density at radius 1 is 1.07 bits per heavy atom. The highest BCUT2D eigenvalue weighted by molar-refractivity contribution is 7.98. The van der Waals surface area contributed by atoms with Crippen LogP contribution in [0.15, 0.2) is 57.3 Å². The highest BCUT2D eigenvalue weighted by atomic mass is 35.5. The summed E-state index contributed by atoms with van der Waals surface area (Å²) in [6.07, 6.45) is 5.03. The largest absolute Gasteiger partial charge is 0.369 e. The van der Waals surface area contributed by atoms with Gasteiger partial charge >= 0.3 is 0 Å². The zero-order chi connectivity index (χ0) is 20.4.